The Kier molecular flexibility index (Phi) is 5.63. The smallest absolute Gasteiger partial charge is 0.240 e. The molecule has 1 aromatic carbocycles. The first kappa shape index (κ1) is 20.2. The Balaban J connectivity index is 1.61. The van der Waals surface area contributed by atoms with E-state index in [1.54, 1.807) is 16.8 Å². The van der Waals surface area contributed by atoms with Crippen molar-refractivity contribution in [2.45, 2.75) is 38.1 Å². The van der Waals surface area contributed by atoms with Crippen LogP contribution in [0, 0.1) is 5.82 Å². The Labute approximate surface area is 172 Å². The van der Waals surface area contributed by atoms with Crippen molar-refractivity contribution in [1.29, 1.82) is 0 Å². The number of fused-ring (bicyclic) bond motifs is 1. The summed E-state index contributed by atoms with van der Waals surface area (Å²) < 4.78 is 29.4. The second-order valence-corrected chi connectivity index (χ2v) is 7.59. The van der Waals surface area contributed by atoms with Crippen LogP contribution in [0.2, 0.25) is 0 Å². The van der Waals surface area contributed by atoms with Gasteiger partial charge < -0.3 is 20.5 Å². The Bertz CT molecular complexity index is 1040. The molecule has 2 aromatic heterocycles. The molecular weight excluding hydrogens is 390 g/mol. The minimum Gasteiger partial charge on any atom is -0.346 e. The number of halogens is 2. The van der Waals surface area contributed by atoms with E-state index in [1.807, 2.05) is 30.0 Å². The number of benzene rings is 1. The van der Waals surface area contributed by atoms with Crippen molar-refractivity contribution in [2.75, 3.05) is 18.0 Å². The van der Waals surface area contributed by atoms with Gasteiger partial charge in [0.05, 0.1) is 28.8 Å². The molecule has 3 heterocycles. The fraction of sp³-hybridized carbons (Fsp3) is 0.381. The van der Waals surface area contributed by atoms with Gasteiger partial charge in [-0.25, -0.2) is 13.8 Å². The summed E-state index contributed by atoms with van der Waals surface area (Å²) in [6.07, 6.45) is 0.876. The van der Waals surface area contributed by atoms with Gasteiger partial charge in [-0.3, -0.25) is 9.78 Å². The molecule has 3 atom stereocenters. The van der Waals surface area contributed by atoms with Crippen molar-refractivity contribution in [1.82, 2.24) is 19.9 Å². The predicted molar refractivity (Wildman–Crippen MR) is 110 cm³/mol. The molecule has 1 aliphatic heterocycles. The number of anilines is 1. The molecule has 158 valence electrons. The van der Waals surface area contributed by atoms with Crippen molar-refractivity contribution in [2.24, 2.45) is 5.73 Å². The number of aromatic nitrogens is 3. The highest BCUT2D eigenvalue weighted by molar-refractivity contribution is 5.83. The molecule has 9 heteroatoms. The molecule has 0 bridgehead atoms. The number of amides is 1. The summed E-state index contributed by atoms with van der Waals surface area (Å²) in [6, 6.07) is 8.82. The van der Waals surface area contributed by atoms with E-state index in [9.17, 15) is 13.6 Å². The lowest BCUT2D eigenvalue weighted by Crippen LogP contribution is -2.50. The number of carbonyl (C=O) groups excluding carboxylic acids is 1. The van der Waals surface area contributed by atoms with E-state index >= 15 is 0 Å². The van der Waals surface area contributed by atoms with Gasteiger partial charge in [0.15, 0.2) is 0 Å². The summed E-state index contributed by atoms with van der Waals surface area (Å²) in [4.78, 5) is 23.5. The van der Waals surface area contributed by atoms with Gasteiger partial charge in [-0.15, -0.1) is 0 Å². The summed E-state index contributed by atoms with van der Waals surface area (Å²) in [5, 5.41) is 2.91. The van der Waals surface area contributed by atoms with E-state index in [4.69, 9.17) is 5.73 Å². The van der Waals surface area contributed by atoms with Crippen LogP contribution < -0.4 is 16.0 Å². The molecule has 0 aliphatic carbocycles. The molecule has 3 aromatic rings. The summed E-state index contributed by atoms with van der Waals surface area (Å²) in [5.41, 5.74) is 7.71. The van der Waals surface area contributed by atoms with E-state index in [1.165, 1.54) is 12.1 Å². The maximum atomic E-state index is 13.9. The number of carbonyl (C=O) groups is 1. The van der Waals surface area contributed by atoms with Crippen LogP contribution in [0.5, 0.6) is 0 Å². The Hall–Kier alpha value is -3.07. The van der Waals surface area contributed by atoms with Crippen molar-refractivity contribution >= 4 is 22.9 Å². The van der Waals surface area contributed by atoms with Crippen LogP contribution in [0.15, 0.2) is 42.6 Å². The molecular formula is C21H24F2N6O. The lowest BCUT2D eigenvalue weighted by molar-refractivity contribution is -0.122. The van der Waals surface area contributed by atoms with Crippen LogP contribution in [0.4, 0.5) is 14.7 Å². The Morgan fingerprint density at radius 3 is 2.93 bits per heavy atom. The summed E-state index contributed by atoms with van der Waals surface area (Å²) in [5.74, 6) is -0.196. The summed E-state index contributed by atoms with van der Waals surface area (Å²) in [6.45, 7) is 2.49. The van der Waals surface area contributed by atoms with Gasteiger partial charge in [-0.2, -0.15) is 0 Å². The predicted octanol–water partition coefficient (Wildman–Crippen LogP) is 2.32. The topological polar surface area (TPSA) is 89.1 Å². The number of nitrogens with two attached hydrogens (primary N) is 1. The maximum absolute atomic E-state index is 13.9. The van der Waals surface area contributed by atoms with E-state index in [-0.39, 0.29) is 31.5 Å². The highest BCUT2D eigenvalue weighted by Crippen LogP contribution is 2.26. The van der Waals surface area contributed by atoms with E-state index in [2.05, 4.69) is 15.3 Å². The molecule has 0 unspecified atom stereocenters. The highest BCUT2D eigenvalue weighted by atomic mass is 19.1. The number of hydrogen-bond acceptors (Lipinski definition) is 5. The lowest BCUT2D eigenvalue weighted by Gasteiger charge is -2.34. The van der Waals surface area contributed by atoms with Gasteiger partial charge in [0, 0.05) is 19.3 Å². The van der Waals surface area contributed by atoms with Crippen LogP contribution in [0.25, 0.3) is 11.0 Å². The zero-order valence-corrected chi connectivity index (χ0v) is 16.6. The molecule has 1 aliphatic rings. The second-order valence-electron chi connectivity index (χ2n) is 7.59. The van der Waals surface area contributed by atoms with Crippen LogP contribution in [0.1, 0.15) is 25.1 Å². The molecule has 1 saturated heterocycles. The summed E-state index contributed by atoms with van der Waals surface area (Å²) in [7, 11) is 0. The molecule has 4 rings (SSSR count). The molecule has 30 heavy (non-hydrogen) atoms. The number of piperidine rings is 1. The van der Waals surface area contributed by atoms with E-state index in [0.29, 0.717) is 23.5 Å². The van der Waals surface area contributed by atoms with Gasteiger partial charge in [0.2, 0.25) is 11.9 Å². The van der Waals surface area contributed by atoms with E-state index in [0.717, 1.165) is 5.69 Å². The quantitative estimate of drug-likeness (QED) is 0.669. The molecule has 7 nitrogen and oxygen atoms in total. The van der Waals surface area contributed by atoms with E-state index < -0.39 is 18.0 Å². The van der Waals surface area contributed by atoms with Gasteiger partial charge in [-0.1, -0.05) is 6.07 Å². The van der Waals surface area contributed by atoms with Crippen LogP contribution in [-0.2, 0) is 11.3 Å². The highest BCUT2D eigenvalue weighted by Gasteiger charge is 2.29. The fourth-order valence-corrected chi connectivity index (χ4v) is 3.75. The van der Waals surface area contributed by atoms with Gasteiger partial charge in [0.25, 0.3) is 0 Å². The second kappa shape index (κ2) is 8.35. The first-order valence-electron chi connectivity index (χ1n) is 9.93. The number of imidazole rings is 1. The number of rotatable bonds is 5. The third-order valence-corrected chi connectivity index (χ3v) is 5.35. The van der Waals surface area contributed by atoms with Crippen molar-refractivity contribution < 1.29 is 13.6 Å². The number of alkyl halides is 1. The minimum absolute atomic E-state index is 0.0583. The third kappa shape index (κ3) is 4.11. The van der Waals surface area contributed by atoms with Crippen molar-refractivity contribution in [3.63, 3.8) is 0 Å². The number of hydrogen-bond donors (Lipinski definition) is 2. The standard InChI is InChI=1S/C21H24F2N6O/c1-13(17-4-2-3-8-25-17)26-20(30)12-29-19-10-14(22)5-6-18(19)27-21(29)28-9-7-15(23)16(24)11-28/h2-6,8,10,13,15-16H,7,9,11-12,24H2,1H3,(H,26,30)/t13-,15-,16-/m1/s1. The monoisotopic (exact) mass is 414 g/mol. The number of pyridine rings is 1. The maximum Gasteiger partial charge on any atom is 0.240 e. The largest absolute Gasteiger partial charge is 0.346 e. The minimum atomic E-state index is -1.07. The molecule has 3 N–H and O–H groups in total. The van der Waals surface area contributed by atoms with Crippen molar-refractivity contribution in [3.05, 3.63) is 54.1 Å². The van der Waals surface area contributed by atoms with Gasteiger partial charge in [0.1, 0.15) is 18.5 Å². The Morgan fingerprint density at radius 1 is 1.37 bits per heavy atom. The van der Waals surface area contributed by atoms with Crippen LogP contribution in [0.3, 0.4) is 0 Å². The molecule has 0 saturated carbocycles. The van der Waals surface area contributed by atoms with Crippen LogP contribution >= 0.6 is 0 Å². The average Bonchev–Trinajstić information content (AvgIpc) is 3.08. The normalized spacial score (nSPS) is 20.3. The third-order valence-electron chi connectivity index (χ3n) is 5.35. The van der Waals surface area contributed by atoms with Gasteiger partial charge in [-0.05, 0) is 43.7 Å². The Morgan fingerprint density at radius 2 is 2.20 bits per heavy atom. The van der Waals surface area contributed by atoms with Gasteiger partial charge >= 0.3 is 0 Å². The molecule has 0 spiro atoms. The molecule has 1 amide bonds. The van der Waals surface area contributed by atoms with Crippen LogP contribution in [-0.4, -0.2) is 45.7 Å². The first-order chi connectivity index (χ1) is 14.4. The fourth-order valence-electron chi connectivity index (χ4n) is 3.75. The number of nitrogens with one attached hydrogen (secondary N) is 1. The summed E-state index contributed by atoms with van der Waals surface area (Å²) >= 11 is 0. The molecule has 0 radical (unpaired) electrons. The zero-order chi connectivity index (χ0) is 21.3. The average molecular weight is 414 g/mol. The SMILES string of the molecule is C[C@@H](NC(=O)Cn1c(N2CC[C@@H](F)[C@H](N)C2)nc2ccc(F)cc21)c1ccccn1. The molecule has 1 fully saturated rings. The zero-order valence-electron chi connectivity index (χ0n) is 16.6. The lowest BCUT2D eigenvalue weighted by atomic mass is 10.1. The first-order valence-corrected chi connectivity index (χ1v) is 9.93. The number of nitrogens with zero attached hydrogens (tertiary/aromatic N) is 4. The van der Waals surface area contributed by atoms with Crippen molar-refractivity contribution in [3.8, 4) is 0 Å².